The highest BCUT2D eigenvalue weighted by molar-refractivity contribution is 7.09. The maximum atomic E-state index is 5.93. The second-order valence-electron chi connectivity index (χ2n) is 4.96. The van der Waals surface area contributed by atoms with Gasteiger partial charge in [-0.15, -0.1) is 11.3 Å². The largest absolute Gasteiger partial charge is 0.486 e. The predicted molar refractivity (Wildman–Crippen MR) is 84.4 cm³/mol. The van der Waals surface area contributed by atoms with Gasteiger partial charge in [-0.1, -0.05) is 24.6 Å². The first-order chi connectivity index (χ1) is 9.69. The van der Waals surface area contributed by atoms with Crippen molar-refractivity contribution in [2.24, 2.45) is 0 Å². The summed E-state index contributed by atoms with van der Waals surface area (Å²) in [5, 5.41) is 6.51. The number of hydrogen-bond donors (Lipinski definition) is 1. The Labute approximate surface area is 125 Å². The number of nitrogens with one attached hydrogen (secondary N) is 1. The van der Waals surface area contributed by atoms with Crippen molar-refractivity contribution in [3.63, 3.8) is 0 Å². The monoisotopic (exact) mass is 290 g/mol. The van der Waals surface area contributed by atoms with Crippen LogP contribution < -0.4 is 10.1 Å². The summed E-state index contributed by atoms with van der Waals surface area (Å²) >= 11 is 1.65. The van der Waals surface area contributed by atoms with E-state index in [1.54, 1.807) is 11.3 Å². The molecule has 0 saturated carbocycles. The smallest absolute Gasteiger partial charge is 0.140 e. The number of hydrogen-bond acceptors (Lipinski definition) is 4. The van der Waals surface area contributed by atoms with Crippen molar-refractivity contribution in [3.05, 3.63) is 45.4 Å². The summed E-state index contributed by atoms with van der Waals surface area (Å²) in [6, 6.07) is 6.33. The van der Waals surface area contributed by atoms with Crippen molar-refractivity contribution in [2.75, 3.05) is 6.54 Å². The van der Waals surface area contributed by atoms with Crippen LogP contribution in [0.15, 0.2) is 23.6 Å². The lowest BCUT2D eigenvalue weighted by Crippen LogP contribution is -2.14. The molecule has 3 nitrogen and oxygen atoms in total. The Hall–Kier alpha value is -1.39. The van der Waals surface area contributed by atoms with Gasteiger partial charge in [-0.25, -0.2) is 4.98 Å². The molecule has 4 heteroatoms. The Bertz CT molecular complexity index is 551. The summed E-state index contributed by atoms with van der Waals surface area (Å²) in [5.74, 6) is 0.951. The minimum atomic E-state index is 0.544. The Balaban J connectivity index is 2.01. The second-order valence-corrected chi connectivity index (χ2v) is 5.90. The van der Waals surface area contributed by atoms with Gasteiger partial charge in [0, 0.05) is 23.2 Å². The zero-order valence-electron chi connectivity index (χ0n) is 12.4. The van der Waals surface area contributed by atoms with Crippen LogP contribution in [0.3, 0.4) is 0 Å². The average molecular weight is 290 g/mol. The van der Waals surface area contributed by atoms with Gasteiger partial charge in [-0.3, -0.25) is 0 Å². The van der Waals surface area contributed by atoms with Gasteiger partial charge in [-0.05, 0) is 32.9 Å². The van der Waals surface area contributed by atoms with Crippen molar-refractivity contribution < 1.29 is 4.74 Å². The highest BCUT2D eigenvalue weighted by Gasteiger charge is 2.06. The molecule has 0 aliphatic heterocycles. The highest BCUT2D eigenvalue weighted by atomic mass is 32.1. The van der Waals surface area contributed by atoms with Crippen molar-refractivity contribution in [1.29, 1.82) is 0 Å². The lowest BCUT2D eigenvalue weighted by molar-refractivity contribution is 0.301. The molecule has 2 rings (SSSR count). The van der Waals surface area contributed by atoms with Gasteiger partial charge in [0.15, 0.2) is 0 Å². The quantitative estimate of drug-likeness (QED) is 0.787. The fourth-order valence-electron chi connectivity index (χ4n) is 2.00. The van der Waals surface area contributed by atoms with Gasteiger partial charge in [-0.2, -0.15) is 0 Å². The first-order valence-corrected chi connectivity index (χ1v) is 7.91. The molecule has 0 amide bonds. The average Bonchev–Trinajstić information content (AvgIpc) is 2.84. The van der Waals surface area contributed by atoms with Crippen molar-refractivity contribution >= 4 is 11.3 Å². The Morgan fingerprint density at radius 3 is 2.85 bits per heavy atom. The number of ether oxygens (including phenoxy) is 1. The summed E-state index contributed by atoms with van der Waals surface area (Å²) in [4.78, 5) is 4.43. The van der Waals surface area contributed by atoms with E-state index >= 15 is 0 Å². The second kappa shape index (κ2) is 7.41. The lowest BCUT2D eigenvalue weighted by atomic mass is 10.1. The molecule has 0 bridgehead atoms. The molecule has 0 atom stereocenters. The molecule has 1 aromatic carbocycles. The van der Waals surface area contributed by atoms with E-state index in [0.717, 1.165) is 36.0 Å². The molecule has 2 aromatic rings. The Morgan fingerprint density at radius 2 is 2.15 bits per heavy atom. The molecule has 1 N–H and O–H groups in total. The topological polar surface area (TPSA) is 34.1 Å². The number of benzene rings is 1. The maximum Gasteiger partial charge on any atom is 0.140 e. The molecule has 0 radical (unpaired) electrons. The van der Waals surface area contributed by atoms with E-state index < -0.39 is 0 Å². The van der Waals surface area contributed by atoms with Gasteiger partial charge in [0.1, 0.15) is 17.4 Å². The molecule has 0 aliphatic rings. The van der Waals surface area contributed by atoms with E-state index in [2.05, 4.69) is 47.7 Å². The Morgan fingerprint density at radius 1 is 1.30 bits per heavy atom. The number of rotatable bonds is 7. The standard InChI is InChI=1S/C16H22N2OS/c1-4-7-17-9-14-8-12(2)5-6-15(14)19-10-16-18-13(3)11-20-16/h5-6,8,11,17H,4,7,9-10H2,1-3H3. The van der Waals surface area contributed by atoms with Crippen LogP contribution in [0.1, 0.15) is 35.2 Å². The number of thiazole rings is 1. The first kappa shape index (κ1) is 15.0. The third kappa shape index (κ3) is 4.32. The molecule has 0 saturated heterocycles. The summed E-state index contributed by atoms with van der Waals surface area (Å²) in [6.45, 7) is 8.71. The van der Waals surface area contributed by atoms with Crippen molar-refractivity contribution in [3.8, 4) is 5.75 Å². The van der Waals surface area contributed by atoms with E-state index in [0.29, 0.717) is 6.61 Å². The zero-order valence-corrected chi connectivity index (χ0v) is 13.2. The summed E-state index contributed by atoms with van der Waals surface area (Å²) in [5.41, 5.74) is 3.53. The van der Waals surface area contributed by atoms with Crippen molar-refractivity contribution in [2.45, 2.75) is 40.3 Å². The third-order valence-electron chi connectivity index (χ3n) is 2.98. The van der Waals surface area contributed by atoms with E-state index in [1.807, 2.05) is 6.92 Å². The zero-order chi connectivity index (χ0) is 14.4. The number of aromatic nitrogens is 1. The number of nitrogens with zero attached hydrogens (tertiary/aromatic N) is 1. The molecule has 1 aromatic heterocycles. The molecule has 108 valence electrons. The lowest BCUT2D eigenvalue weighted by Gasteiger charge is -2.12. The minimum absolute atomic E-state index is 0.544. The van der Waals surface area contributed by atoms with E-state index in [4.69, 9.17) is 4.74 Å². The molecule has 1 heterocycles. The van der Waals surface area contributed by atoms with Gasteiger partial charge >= 0.3 is 0 Å². The highest BCUT2D eigenvalue weighted by Crippen LogP contribution is 2.22. The van der Waals surface area contributed by atoms with Crippen LogP contribution in [-0.4, -0.2) is 11.5 Å². The third-order valence-corrected chi connectivity index (χ3v) is 3.92. The van der Waals surface area contributed by atoms with Gasteiger partial charge < -0.3 is 10.1 Å². The summed E-state index contributed by atoms with van der Waals surface area (Å²) in [6.07, 6.45) is 1.14. The van der Waals surface area contributed by atoms with Crippen LogP contribution in [0.5, 0.6) is 5.75 Å². The van der Waals surface area contributed by atoms with Gasteiger partial charge in [0.2, 0.25) is 0 Å². The fraction of sp³-hybridized carbons (Fsp3) is 0.438. The van der Waals surface area contributed by atoms with Crippen LogP contribution in [0.25, 0.3) is 0 Å². The van der Waals surface area contributed by atoms with Crippen LogP contribution in [0.2, 0.25) is 0 Å². The van der Waals surface area contributed by atoms with Crippen LogP contribution in [0.4, 0.5) is 0 Å². The molecule has 0 fully saturated rings. The van der Waals surface area contributed by atoms with E-state index in [9.17, 15) is 0 Å². The maximum absolute atomic E-state index is 5.93. The first-order valence-electron chi connectivity index (χ1n) is 7.03. The molecular formula is C16H22N2OS. The van der Waals surface area contributed by atoms with Crippen molar-refractivity contribution in [1.82, 2.24) is 10.3 Å². The predicted octanol–water partition coefficient (Wildman–Crippen LogP) is 3.84. The molecule has 0 unspecified atom stereocenters. The van der Waals surface area contributed by atoms with Crippen LogP contribution in [-0.2, 0) is 13.2 Å². The Kier molecular flexibility index (Phi) is 5.56. The van der Waals surface area contributed by atoms with Crippen LogP contribution >= 0.6 is 11.3 Å². The SMILES string of the molecule is CCCNCc1cc(C)ccc1OCc1nc(C)cs1. The molecule has 0 spiro atoms. The molecule has 0 aliphatic carbocycles. The van der Waals surface area contributed by atoms with E-state index in [1.165, 1.54) is 11.1 Å². The minimum Gasteiger partial charge on any atom is -0.486 e. The van der Waals surface area contributed by atoms with E-state index in [-0.39, 0.29) is 0 Å². The molecule has 20 heavy (non-hydrogen) atoms. The number of aryl methyl sites for hydroxylation is 2. The van der Waals surface area contributed by atoms with Gasteiger partial charge in [0.25, 0.3) is 0 Å². The summed E-state index contributed by atoms with van der Waals surface area (Å²) < 4.78 is 5.93. The van der Waals surface area contributed by atoms with Gasteiger partial charge in [0.05, 0.1) is 0 Å². The summed E-state index contributed by atoms with van der Waals surface area (Å²) in [7, 11) is 0. The normalized spacial score (nSPS) is 10.8. The fourth-order valence-corrected chi connectivity index (χ4v) is 2.68. The molecular weight excluding hydrogens is 268 g/mol. The van der Waals surface area contributed by atoms with Crippen LogP contribution in [0, 0.1) is 13.8 Å².